The van der Waals surface area contributed by atoms with Crippen molar-refractivity contribution < 1.29 is 23.9 Å². The summed E-state index contributed by atoms with van der Waals surface area (Å²) < 4.78 is 10.7. The number of hydrogen-bond donors (Lipinski definition) is 1. The van der Waals surface area contributed by atoms with Crippen molar-refractivity contribution in [3.05, 3.63) is 46.2 Å². The van der Waals surface area contributed by atoms with Crippen molar-refractivity contribution in [2.24, 2.45) is 0 Å². The second kappa shape index (κ2) is 7.80. The summed E-state index contributed by atoms with van der Waals surface area (Å²) in [5.74, 6) is -1.69. The Morgan fingerprint density at radius 1 is 1.12 bits per heavy atom. The number of nitrogens with zero attached hydrogens (tertiary/aromatic N) is 2. The largest absolute Gasteiger partial charge is 0.465 e. The molecule has 0 aliphatic rings. The molecule has 0 saturated heterocycles. The van der Waals surface area contributed by atoms with Crippen LogP contribution in [0.4, 0.5) is 5.69 Å². The van der Waals surface area contributed by atoms with Gasteiger partial charge in [0.05, 0.1) is 42.3 Å². The highest BCUT2D eigenvalue weighted by molar-refractivity contribution is 6.31. The van der Waals surface area contributed by atoms with Gasteiger partial charge in [0.2, 0.25) is 5.91 Å². The Labute approximate surface area is 148 Å². The van der Waals surface area contributed by atoms with Gasteiger partial charge in [-0.05, 0) is 25.1 Å². The second-order valence-corrected chi connectivity index (χ2v) is 5.47. The zero-order valence-electron chi connectivity index (χ0n) is 13.8. The zero-order valence-corrected chi connectivity index (χ0v) is 14.6. The first-order chi connectivity index (χ1) is 11.8. The third-order valence-electron chi connectivity index (χ3n) is 3.40. The van der Waals surface area contributed by atoms with E-state index in [2.05, 4.69) is 19.9 Å². The monoisotopic (exact) mass is 365 g/mol. The average molecular weight is 366 g/mol. The Kier molecular flexibility index (Phi) is 5.76. The van der Waals surface area contributed by atoms with Crippen molar-refractivity contribution >= 4 is 35.1 Å². The third-order valence-corrected chi connectivity index (χ3v) is 3.77. The van der Waals surface area contributed by atoms with E-state index in [1.54, 1.807) is 6.92 Å². The van der Waals surface area contributed by atoms with Gasteiger partial charge in [0.15, 0.2) is 0 Å². The van der Waals surface area contributed by atoms with Gasteiger partial charge in [-0.2, -0.15) is 5.10 Å². The molecule has 0 bridgehead atoms. The predicted octanol–water partition coefficient (Wildman–Crippen LogP) is 2.06. The van der Waals surface area contributed by atoms with E-state index in [1.165, 1.54) is 43.3 Å². The quantitative estimate of drug-likeness (QED) is 0.814. The number of halogens is 1. The van der Waals surface area contributed by atoms with Crippen LogP contribution in [0.3, 0.4) is 0 Å². The smallest absolute Gasteiger partial charge is 0.337 e. The van der Waals surface area contributed by atoms with Gasteiger partial charge in [0.25, 0.3) is 0 Å². The first kappa shape index (κ1) is 18.5. The van der Waals surface area contributed by atoms with Crippen LogP contribution in [-0.2, 0) is 20.8 Å². The van der Waals surface area contributed by atoms with E-state index >= 15 is 0 Å². The summed E-state index contributed by atoms with van der Waals surface area (Å²) in [4.78, 5) is 35.7. The van der Waals surface area contributed by atoms with Crippen LogP contribution < -0.4 is 5.32 Å². The van der Waals surface area contributed by atoms with E-state index in [-0.39, 0.29) is 23.4 Å². The van der Waals surface area contributed by atoms with Crippen molar-refractivity contribution in [3.8, 4) is 0 Å². The number of hydrogen-bond acceptors (Lipinski definition) is 6. The van der Waals surface area contributed by atoms with E-state index in [0.29, 0.717) is 10.7 Å². The lowest BCUT2D eigenvalue weighted by Crippen LogP contribution is -2.21. The molecule has 0 radical (unpaired) electrons. The lowest BCUT2D eigenvalue weighted by molar-refractivity contribution is -0.116. The maximum absolute atomic E-state index is 12.2. The number of amides is 1. The minimum atomic E-state index is -0.643. The Morgan fingerprint density at radius 3 is 2.12 bits per heavy atom. The fourth-order valence-corrected chi connectivity index (χ4v) is 2.23. The van der Waals surface area contributed by atoms with E-state index in [1.807, 2.05) is 0 Å². The average Bonchev–Trinajstić information content (AvgIpc) is 2.91. The van der Waals surface area contributed by atoms with Gasteiger partial charge < -0.3 is 14.8 Å². The normalized spacial score (nSPS) is 10.2. The third kappa shape index (κ3) is 4.36. The molecule has 0 atom stereocenters. The number of methoxy groups -OCH3 is 2. The van der Waals surface area contributed by atoms with Crippen molar-refractivity contribution in [2.45, 2.75) is 13.5 Å². The van der Waals surface area contributed by atoms with E-state index in [0.717, 1.165) is 0 Å². The van der Waals surface area contributed by atoms with Crippen molar-refractivity contribution in [2.75, 3.05) is 19.5 Å². The number of rotatable bonds is 5. The lowest BCUT2D eigenvalue weighted by Gasteiger charge is -2.10. The molecule has 1 aromatic carbocycles. The van der Waals surface area contributed by atoms with Gasteiger partial charge in [-0.25, -0.2) is 9.59 Å². The summed E-state index contributed by atoms with van der Waals surface area (Å²) in [6, 6.07) is 4.13. The van der Waals surface area contributed by atoms with Gasteiger partial charge in [-0.15, -0.1) is 0 Å². The van der Waals surface area contributed by atoms with Gasteiger partial charge >= 0.3 is 11.9 Å². The highest BCUT2D eigenvalue weighted by Gasteiger charge is 2.15. The van der Waals surface area contributed by atoms with Gasteiger partial charge in [-0.3, -0.25) is 9.48 Å². The summed E-state index contributed by atoms with van der Waals surface area (Å²) in [5.41, 5.74) is 1.12. The minimum absolute atomic E-state index is 0.0748. The van der Waals surface area contributed by atoms with Crippen LogP contribution in [0.1, 0.15) is 26.4 Å². The number of benzene rings is 1. The maximum atomic E-state index is 12.2. The number of carbonyl (C=O) groups is 3. The molecule has 0 saturated carbocycles. The summed E-state index contributed by atoms with van der Waals surface area (Å²) in [7, 11) is 2.44. The molecule has 132 valence electrons. The summed E-state index contributed by atoms with van der Waals surface area (Å²) in [6.45, 7) is 1.66. The molecule has 0 spiro atoms. The molecule has 1 N–H and O–H groups in total. The van der Waals surface area contributed by atoms with Crippen LogP contribution in [0.2, 0.25) is 5.02 Å². The Hall–Kier alpha value is -2.87. The van der Waals surface area contributed by atoms with Gasteiger partial charge in [-0.1, -0.05) is 11.6 Å². The number of nitrogens with one attached hydrogen (secondary N) is 1. The maximum Gasteiger partial charge on any atom is 0.337 e. The van der Waals surface area contributed by atoms with Crippen molar-refractivity contribution in [3.63, 3.8) is 0 Å². The van der Waals surface area contributed by atoms with E-state index < -0.39 is 17.8 Å². The van der Waals surface area contributed by atoms with Crippen LogP contribution >= 0.6 is 11.6 Å². The molecular formula is C16H16ClN3O5. The molecule has 1 amide bonds. The van der Waals surface area contributed by atoms with Crippen molar-refractivity contribution in [1.82, 2.24) is 9.78 Å². The molecular weight excluding hydrogens is 350 g/mol. The predicted molar refractivity (Wildman–Crippen MR) is 89.7 cm³/mol. The van der Waals surface area contributed by atoms with Gasteiger partial charge in [0.1, 0.15) is 6.54 Å². The Balaban J connectivity index is 2.25. The fourth-order valence-electron chi connectivity index (χ4n) is 2.09. The number of carbonyl (C=O) groups excluding carboxylic acids is 3. The van der Waals surface area contributed by atoms with E-state index in [4.69, 9.17) is 11.6 Å². The van der Waals surface area contributed by atoms with Crippen LogP contribution in [0.5, 0.6) is 0 Å². The molecule has 2 aromatic rings. The molecule has 0 unspecified atom stereocenters. The molecule has 25 heavy (non-hydrogen) atoms. The first-order valence-corrected chi connectivity index (χ1v) is 7.53. The van der Waals surface area contributed by atoms with Crippen LogP contribution in [0.25, 0.3) is 0 Å². The number of anilines is 1. The standard InChI is InChI=1S/C16H16ClN3O5/c1-9-13(17)7-18-20(9)8-14(21)19-12-5-10(15(22)24-2)4-11(6-12)16(23)25-3/h4-7H,8H2,1-3H3,(H,19,21). The molecule has 0 aliphatic carbocycles. The lowest BCUT2D eigenvalue weighted by atomic mass is 10.1. The molecule has 9 heteroatoms. The summed E-state index contributed by atoms with van der Waals surface area (Å²) in [6.07, 6.45) is 1.44. The summed E-state index contributed by atoms with van der Waals surface area (Å²) in [5, 5.41) is 7.05. The fraction of sp³-hybridized carbons (Fsp3) is 0.250. The molecule has 1 aromatic heterocycles. The highest BCUT2D eigenvalue weighted by atomic mass is 35.5. The molecule has 2 rings (SSSR count). The van der Waals surface area contributed by atoms with Crippen LogP contribution in [-0.4, -0.2) is 41.8 Å². The Morgan fingerprint density at radius 2 is 1.68 bits per heavy atom. The molecule has 1 heterocycles. The Bertz CT molecular complexity index is 797. The highest BCUT2D eigenvalue weighted by Crippen LogP contribution is 2.18. The van der Waals surface area contributed by atoms with Crippen molar-refractivity contribution in [1.29, 1.82) is 0 Å². The van der Waals surface area contributed by atoms with Crippen LogP contribution in [0, 0.1) is 6.92 Å². The second-order valence-electron chi connectivity index (χ2n) is 5.07. The molecule has 8 nitrogen and oxygen atoms in total. The minimum Gasteiger partial charge on any atom is -0.465 e. The van der Waals surface area contributed by atoms with Crippen LogP contribution in [0.15, 0.2) is 24.4 Å². The summed E-state index contributed by atoms with van der Waals surface area (Å²) >= 11 is 5.90. The van der Waals surface area contributed by atoms with E-state index in [9.17, 15) is 14.4 Å². The molecule has 0 fully saturated rings. The number of aromatic nitrogens is 2. The number of esters is 2. The zero-order chi connectivity index (χ0) is 18.6. The van der Waals surface area contributed by atoms with Gasteiger partial charge in [0, 0.05) is 5.69 Å². The number of ether oxygens (including phenoxy) is 2. The topological polar surface area (TPSA) is 99.5 Å². The SMILES string of the molecule is COC(=O)c1cc(NC(=O)Cn2ncc(Cl)c2C)cc(C(=O)OC)c1. The first-order valence-electron chi connectivity index (χ1n) is 7.15. The molecule has 0 aliphatic heterocycles.